The highest BCUT2D eigenvalue weighted by Gasteiger charge is 2.04. The lowest BCUT2D eigenvalue weighted by molar-refractivity contribution is 0.0933. The van der Waals surface area contributed by atoms with Crippen molar-refractivity contribution in [1.29, 1.82) is 0 Å². The fraction of sp³-hybridized carbons (Fsp3) is 0.188. The molecule has 1 amide bonds. The summed E-state index contributed by atoms with van der Waals surface area (Å²) in [7, 11) is 1.60. The zero-order valence-corrected chi connectivity index (χ0v) is 11.4. The lowest BCUT2D eigenvalue weighted by Crippen LogP contribution is -2.38. The minimum absolute atomic E-state index is 0.152. The fourth-order valence-electron chi connectivity index (χ4n) is 1.81. The maximum atomic E-state index is 11.8. The van der Waals surface area contributed by atoms with E-state index in [1.165, 1.54) is 5.56 Å². The molecule has 4 nitrogen and oxygen atoms in total. The fourth-order valence-corrected chi connectivity index (χ4v) is 1.81. The van der Waals surface area contributed by atoms with E-state index in [1.807, 2.05) is 18.2 Å². The molecule has 2 aromatic rings. The molecule has 0 spiro atoms. The Labute approximate surface area is 118 Å². The quantitative estimate of drug-likeness (QED) is 0.625. The average Bonchev–Trinajstić information content (AvgIpc) is 2.52. The predicted molar refractivity (Wildman–Crippen MR) is 78.6 cm³/mol. The van der Waals surface area contributed by atoms with Gasteiger partial charge in [0.2, 0.25) is 0 Å². The number of methoxy groups -OCH3 is 1. The average molecular weight is 270 g/mol. The zero-order valence-electron chi connectivity index (χ0n) is 11.4. The number of carbonyl (C=O) groups is 1. The minimum Gasteiger partial charge on any atom is -0.497 e. The van der Waals surface area contributed by atoms with E-state index in [9.17, 15) is 4.79 Å². The molecule has 0 radical (unpaired) electrons. The number of carbonyl (C=O) groups excluding carboxylic acids is 1. The smallest absolute Gasteiger partial charge is 0.265 e. The molecule has 4 heteroatoms. The SMILES string of the molecule is COc1ccc(C(=O)NNCCc2ccccc2)cc1. The topological polar surface area (TPSA) is 50.4 Å². The van der Waals surface area contributed by atoms with Gasteiger partial charge >= 0.3 is 0 Å². The Morgan fingerprint density at radius 3 is 2.40 bits per heavy atom. The summed E-state index contributed by atoms with van der Waals surface area (Å²) in [6, 6.07) is 17.1. The third-order valence-electron chi connectivity index (χ3n) is 2.94. The van der Waals surface area contributed by atoms with Crippen molar-refractivity contribution in [3.8, 4) is 5.75 Å². The zero-order chi connectivity index (χ0) is 14.2. The van der Waals surface area contributed by atoms with Crippen LogP contribution in [0.1, 0.15) is 15.9 Å². The van der Waals surface area contributed by atoms with Gasteiger partial charge in [0, 0.05) is 12.1 Å². The van der Waals surface area contributed by atoms with Crippen molar-refractivity contribution in [3.63, 3.8) is 0 Å². The predicted octanol–water partition coefficient (Wildman–Crippen LogP) is 2.17. The highest BCUT2D eigenvalue weighted by Crippen LogP contribution is 2.10. The molecule has 0 heterocycles. The van der Waals surface area contributed by atoms with E-state index in [0.717, 1.165) is 12.2 Å². The van der Waals surface area contributed by atoms with Gasteiger partial charge in [-0.25, -0.2) is 5.43 Å². The summed E-state index contributed by atoms with van der Waals surface area (Å²) < 4.78 is 5.05. The second-order valence-corrected chi connectivity index (χ2v) is 4.35. The van der Waals surface area contributed by atoms with Gasteiger partial charge < -0.3 is 4.74 Å². The molecular weight excluding hydrogens is 252 g/mol. The standard InChI is InChI=1S/C16H18N2O2/c1-20-15-9-7-14(8-10-15)16(19)18-17-12-11-13-5-3-2-4-6-13/h2-10,17H,11-12H2,1H3,(H,18,19). The number of ether oxygens (including phenoxy) is 1. The van der Waals surface area contributed by atoms with Gasteiger partial charge in [0.1, 0.15) is 5.75 Å². The van der Waals surface area contributed by atoms with Crippen LogP contribution in [0.2, 0.25) is 0 Å². The molecule has 20 heavy (non-hydrogen) atoms. The lowest BCUT2D eigenvalue weighted by atomic mass is 10.2. The number of hydrogen-bond acceptors (Lipinski definition) is 3. The highest BCUT2D eigenvalue weighted by molar-refractivity contribution is 5.93. The molecule has 2 aromatic carbocycles. The van der Waals surface area contributed by atoms with Gasteiger partial charge in [-0.3, -0.25) is 10.2 Å². The van der Waals surface area contributed by atoms with Crippen LogP contribution in [0.3, 0.4) is 0 Å². The Morgan fingerprint density at radius 2 is 1.75 bits per heavy atom. The van der Waals surface area contributed by atoms with Gasteiger partial charge in [-0.1, -0.05) is 30.3 Å². The summed E-state index contributed by atoms with van der Waals surface area (Å²) in [6.45, 7) is 0.686. The number of hydrogen-bond donors (Lipinski definition) is 2. The molecule has 0 fully saturated rings. The number of hydrazine groups is 1. The normalized spacial score (nSPS) is 10.1. The van der Waals surface area contributed by atoms with E-state index in [1.54, 1.807) is 31.4 Å². The molecule has 0 saturated carbocycles. The first-order chi connectivity index (χ1) is 9.79. The van der Waals surface area contributed by atoms with Crippen LogP contribution in [0.5, 0.6) is 5.75 Å². The monoisotopic (exact) mass is 270 g/mol. The molecule has 104 valence electrons. The van der Waals surface area contributed by atoms with Crippen LogP contribution in [-0.2, 0) is 6.42 Å². The van der Waals surface area contributed by atoms with E-state index in [0.29, 0.717) is 12.1 Å². The molecular formula is C16H18N2O2. The Kier molecular flexibility index (Phi) is 5.15. The van der Waals surface area contributed by atoms with E-state index in [4.69, 9.17) is 4.74 Å². The van der Waals surface area contributed by atoms with E-state index in [2.05, 4.69) is 23.0 Å². The minimum atomic E-state index is -0.152. The number of amides is 1. The Balaban J connectivity index is 1.74. The van der Waals surface area contributed by atoms with E-state index < -0.39 is 0 Å². The second-order valence-electron chi connectivity index (χ2n) is 4.35. The number of nitrogens with one attached hydrogen (secondary N) is 2. The number of benzene rings is 2. The molecule has 0 bridgehead atoms. The maximum Gasteiger partial charge on any atom is 0.265 e. The number of rotatable bonds is 6. The van der Waals surface area contributed by atoms with Gasteiger partial charge in [0.25, 0.3) is 5.91 Å². The van der Waals surface area contributed by atoms with Crippen molar-refractivity contribution < 1.29 is 9.53 Å². The van der Waals surface area contributed by atoms with Crippen molar-refractivity contribution in [2.24, 2.45) is 0 Å². The van der Waals surface area contributed by atoms with Crippen molar-refractivity contribution in [2.75, 3.05) is 13.7 Å². The summed E-state index contributed by atoms with van der Waals surface area (Å²) >= 11 is 0. The van der Waals surface area contributed by atoms with Crippen molar-refractivity contribution in [2.45, 2.75) is 6.42 Å². The van der Waals surface area contributed by atoms with Crippen molar-refractivity contribution in [1.82, 2.24) is 10.9 Å². The van der Waals surface area contributed by atoms with Gasteiger partial charge in [-0.2, -0.15) is 0 Å². The van der Waals surface area contributed by atoms with Gasteiger partial charge in [-0.05, 0) is 36.2 Å². The second kappa shape index (κ2) is 7.31. The third kappa shape index (κ3) is 4.10. The molecule has 2 rings (SSSR count). The van der Waals surface area contributed by atoms with E-state index in [-0.39, 0.29) is 5.91 Å². The molecule has 0 unspecified atom stereocenters. The van der Waals surface area contributed by atoms with Gasteiger partial charge in [0.05, 0.1) is 7.11 Å². The molecule has 0 aromatic heterocycles. The highest BCUT2D eigenvalue weighted by atomic mass is 16.5. The van der Waals surface area contributed by atoms with Crippen LogP contribution in [0, 0.1) is 0 Å². The van der Waals surface area contributed by atoms with E-state index >= 15 is 0 Å². The molecule has 0 aliphatic carbocycles. The van der Waals surface area contributed by atoms with Crippen molar-refractivity contribution >= 4 is 5.91 Å². The van der Waals surface area contributed by atoms with Crippen LogP contribution in [0.15, 0.2) is 54.6 Å². The van der Waals surface area contributed by atoms with Crippen molar-refractivity contribution in [3.05, 3.63) is 65.7 Å². The van der Waals surface area contributed by atoms with Crippen LogP contribution in [-0.4, -0.2) is 19.6 Å². The van der Waals surface area contributed by atoms with Crippen LogP contribution < -0.4 is 15.6 Å². The van der Waals surface area contributed by atoms with Gasteiger partial charge in [-0.15, -0.1) is 0 Å². The first-order valence-electron chi connectivity index (χ1n) is 6.51. The molecule has 0 aliphatic rings. The molecule has 2 N–H and O–H groups in total. The Bertz CT molecular complexity index is 538. The summed E-state index contributed by atoms with van der Waals surface area (Å²) in [5.74, 6) is 0.583. The summed E-state index contributed by atoms with van der Waals surface area (Å²) in [4.78, 5) is 11.8. The van der Waals surface area contributed by atoms with Crippen LogP contribution >= 0.6 is 0 Å². The van der Waals surface area contributed by atoms with Gasteiger partial charge in [0.15, 0.2) is 0 Å². The Hall–Kier alpha value is -2.33. The summed E-state index contributed by atoms with van der Waals surface area (Å²) in [5.41, 5.74) is 7.44. The first kappa shape index (κ1) is 14.1. The maximum absolute atomic E-state index is 11.8. The Morgan fingerprint density at radius 1 is 1.05 bits per heavy atom. The summed E-state index contributed by atoms with van der Waals surface area (Å²) in [5, 5.41) is 0. The van der Waals surface area contributed by atoms with Crippen LogP contribution in [0.4, 0.5) is 0 Å². The van der Waals surface area contributed by atoms with Crippen LogP contribution in [0.25, 0.3) is 0 Å². The molecule has 0 aliphatic heterocycles. The lowest BCUT2D eigenvalue weighted by Gasteiger charge is -2.08. The summed E-state index contributed by atoms with van der Waals surface area (Å²) in [6.07, 6.45) is 0.865. The largest absolute Gasteiger partial charge is 0.497 e. The molecule has 0 saturated heterocycles. The third-order valence-corrected chi connectivity index (χ3v) is 2.94. The molecule has 0 atom stereocenters. The first-order valence-corrected chi connectivity index (χ1v) is 6.51.